The van der Waals surface area contributed by atoms with E-state index in [9.17, 15) is 0 Å². The summed E-state index contributed by atoms with van der Waals surface area (Å²) >= 11 is 3.23. The molecule has 0 bridgehead atoms. The van der Waals surface area contributed by atoms with Gasteiger partial charge in [0.25, 0.3) is 0 Å². The Morgan fingerprint density at radius 3 is 1.30 bits per heavy atom. The summed E-state index contributed by atoms with van der Waals surface area (Å²) in [6.45, 7) is 4.12. The molecule has 0 amide bonds. The van der Waals surface area contributed by atoms with E-state index in [1.54, 1.807) is 22.7 Å². The van der Waals surface area contributed by atoms with Crippen LogP contribution in [-0.2, 0) is 21.7 Å². The fraction of sp³-hybridized carbons (Fsp3) is 0.200. The van der Waals surface area contributed by atoms with Gasteiger partial charge in [-0.05, 0) is 0 Å². The van der Waals surface area contributed by atoms with E-state index < -0.39 is 0 Å². The van der Waals surface area contributed by atoms with E-state index >= 15 is 0 Å². The number of thiophene rings is 2. The summed E-state index contributed by atoms with van der Waals surface area (Å²) in [5.41, 5.74) is 2.61. The van der Waals surface area contributed by atoms with Crippen molar-refractivity contribution in [3.05, 3.63) is 93.4 Å². The van der Waals surface area contributed by atoms with Gasteiger partial charge in [0.15, 0.2) is 0 Å². The van der Waals surface area contributed by atoms with Crippen LogP contribution in [0.5, 0.6) is 0 Å². The molecule has 0 aliphatic heterocycles. The average molecular weight is 372 g/mol. The summed E-state index contributed by atoms with van der Waals surface area (Å²) in [7, 11) is 0. The minimum absolute atomic E-state index is 0. The summed E-state index contributed by atoms with van der Waals surface area (Å²) in [6.07, 6.45) is 20.0. The van der Waals surface area contributed by atoms with E-state index in [0.717, 1.165) is 12.8 Å². The second-order valence-corrected chi connectivity index (χ2v) is 5.90. The van der Waals surface area contributed by atoms with Crippen molar-refractivity contribution in [2.24, 2.45) is 0 Å². The van der Waals surface area contributed by atoms with Gasteiger partial charge in [-0.1, -0.05) is 13.8 Å². The first-order chi connectivity index (χ1) is 10.8. The monoisotopic (exact) mass is 372 g/mol. The SMILES string of the molecule is Cc1c[c-]sc1.Cc1c[c-]sc1.[C-]1=CC=CC1.[C-]1=CC=CC1.[Ti+4]. The van der Waals surface area contributed by atoms with Gasteiger partial charge in [0.2, 0.25) is 0 Å². The molecule has 0 fully saturated rings. The van der Waals surface area contributed by atoms with Gasteiger partial charge in [0.05, 0.1) is 0 Å². The van der Waals surface area contributed by atoms with Gasteiger partial charge in [-0.25, -0.2) is 24.3 Å². The van der Waals surface area contributed by atoms with Gasteiger partial charge >= 0.3 is 21.7 Å². The minimum atomic E-state index is 0. The quantitative estimate of drug-likeness (QED) is 0.375. The molecule has 2 aliphatic carbocycles. The first-order valence-corrected chi connectivity index (χ1v) is 8.81. The summed E-state index contributed by atoms with van der Waals surface area (Å²) in [5, 5.41) is 10.1. The van der Waals surface area contributed by atoms with Crippen LogP contribution in [0, 0.1) is 36.8 Å². The van der Waals surface area contributed by atoms with Crippen molar-refractivity contribution in [2.45, 2.75) is 26.7 Å². The Balaban J connectivity index is 0.000000278. The Labute approximate surface area is 163 Å². The Morgan fingerprint density at radius 1 is 0.783 bits per heavy atom. The molecule has 0 saturated heterocycles. The largest absolute Gasteiger partial charge is 4.00 e. The predicted molar refractivity (Wildman–Crippen MR) is 98.9 cm³/mol. The van der Waals surface area contributed by atoms with Crippen LogP contribution in [0.3, 0.4) is 0 Å². The average Bonchev–Trinajstić information content (AvgIpc) is 3.32. The van der Waals surface area contributed by atoms with E-state index in [-0.39, 0.29) is 21.7 Å². The topological polar surface area (TPSA) is 0 Å². The van der Waals surface area contributed by atoms with Gasteiger partial charge in [0, 0.05) is 0 Å². The molecule has 3 heteroatoms. The Bertz CT molecular complexity index is 499. The molecule has 116 valence electrons. The van der Waals surface area contributed by atoms with Crippen LogP contribution >= 0.6 is 22.7 Å². The summed E-state index contributed by atoms with van der Waals surface area (Å²) in [6, 6.07) is 3.95. The van der Waals surface area contributed by atoms with Crippen molar-refractivity contribution >= 4 is 22.7 Å². The van der Waals surface area contributed by atoms with Crippen molar-refractivity contribution in [1.29, 1.82) is 0 Å². The fourth-order valence-corrected chi connectivity index (χ4v) is 2.41. The first kappa shape index (κ1) is 22.1. The Morgan fingerprint density at radius 2 is 1.22 bits per heavy atom. The molecule has 0 unspecified atom stereocenters. The maximum atomic E-state index is 2.99. The molecule has 2 aromatic heterocycles. The van der Waals surface area contributed by atoms with E-state index in [0.29, 0.717) is 0 Å². The first-order valence-electron chi connectivity index (χ1n) is 7.05. The molecule has 0 radical (unpaired) electrons. The standard InChI is InChI=1S/2C5H5S.2C5H5.Ti/c2*1-5-2-3-6-4-5;2*1-2-4-5-3-1;/h2*2,4H,1H3;2*1-3H,4H2;/q4*-1;+4. The number of hydrogen-bond donors (Lipinski definition) is 0. The van der Waals surface area contributed by atoms with Crippen LogP contribution in [0.25, 0.3) is 0 Å². The van der Waals surface area contributed by atoms with Crippen LogP contribution in [0.2, 0.25) is 0 Å². The fourth-order valence-electron chi connectivity index (χ4n) is 1.26. The van der Waals surface area contributed by atoms with E-state index in [2.05, 4.69) is 59.7 Å². The summed E-state index contributed by atoms with van der Waals surface area (Å²) in [5.74, 6) is 0. The van der Waals surface area contributed by atoms with Gasteiger partial charge in [-0.2, -0.15) is 46.2 Å². The van der Waals surface area contributed by atoms with Gasteiger partial charge in [0.1, 0.15) is 0 Å². The molecule has 0 nitrogen and oxygen atoms in total. The Hall–Kier alpha value is -0.926. The van der Waals surface area contributed by atoms with Crippen molar-refractivity contribution in [3.63, 3.8) is 0 Å². The zero-order chi connectivity index (χ0) is 15.9. The molecule has 0 spiro atoms. The van der Waals surface area contributed by atoms with Crippen molar-refractivity contribution in [3.8, 4) is 0 Å². The van der Waals surface area contributed by atoms with Crippen molar-refractivity contribution in [2.75, 3.05) is 0 Å². The molecule has 2 heterocycles. The number of aryl methyl sites for hydroxylation is 2. The van der Waals surface area contributed by atoms with Crippen LogP contribution in [0.1, 0.15) is 24.0 Å². The van der Waals surface area contributed by atoms with Crippen LogP contribution < -0.4 is 0 Å². The van der Waals surface area contributed by atoms with E-state index in [4.69, 9.17) is 0 Å². The Kier molecular flexibility index (Phi) is 15.3. The molecule has 0 aromatic carbocycles. The molecule has 23 heavy (non-hydrogen) atoms. The number of rotatable bonds is 0. The summed E-state index contributed by atoms with van der Waals surface area (Å²) < 4.78 is 0. The van der Waals surface area contributed by atoms with E-state index in [1.165, 1.54) is 11.1 Å². The molecule has 2 aliphatic rings. The van der Waals surface area contributed by atoms with Crippen molar-refractivity contribution in [1.82, 2.24) is 0 Å². The van der Waals surface area contributed by atoms with E-state index in [1.807, 2.05) is 36.4 Å². The van der Waals surface area contributed by atoms with Gasteiger partial charge in [-0.15, -0.1) is 23.6 Å². The van der Waals surface area contributed by atoms with Crippen LogP contribution in [0.4, 0.5) is 0 Å². The second kappa shape index (κ2) is 16.0. The molecule has 2 aromatic rings. The molecule has 4 rings (SSSR count). The van der Waals surface area contributed by atoms with Crippen molar-refractivity contribution < 1.29 is 21.7 Å². The third-order valence-electron chi connectivity index (χ3n) is 2.37. The maximum Gasteiger partial charge on any atom is 4.00 e. The third kappa shape index (κ3) is 14.4. The zero-order valence-electron chi connectivity index (χ0n) is 13.5. The second-order valence-electron chi connectivity index (χ2n) is 4.49. The molecule has 0 N–H and O–H groups in total. The molecular weight excluding hydrogens is 352 g/mol. The smallest absolute Gasteiger partial charge is 0.304 e. The minimum Gasteiger partial charge on any atom is -0.304 e. The third-order valence-corrected chi connectivity index (χ3v) is 3.86. The molecule has 0 atom stereocenters. The van der Waals surface area contributed by atoms with Crippen LogP contribution in [-0.4, -0.2) is 0 Å². The maximum absolute atomic E-state index is 2.99. The normalized spacial score (nSPS) is 12.3. The molecular formula is C20H20S2Ti. The predicted octanol–water partition coefficient (Wildman–Crippen LogP) is 6.32. The molecule has 0 saturated carbocycles. The number of allylic oxidation sites excluding steroid dienone is 8. The zero-order valence-corrected chi connectivity index (χ0v) is 16.7. The van der Waals surface area contributed by atoms with Gasteiger partial charge in [-0.3, -0.25) is 12.2 Å². The van der Waals surface area contributed by atoms with Crippen LogP contribution in [0.15, 0.2) is 59.3 Å². The van der Waals surface area contributed by atoms with Gasteiger partial charge < -0.3 is 22.7 Å². The number of hydrogen-bond acceptors (Lipinski definition) is 2. The summed E-state index contributed by atoms with van der Waals surface area (Å²) in [4.78, 5) is 0.